The molecule has 2 atom stereocenters. The number of ether oxygens (including phenoxy) is 1. The Bertz CT molecular complexity index is 1510. The third-order valence-corrected chi connectivity index (χ3v) is 6.70. The second-order valence-electron chi connectivity index (χ2n) is 9.14. The third kappa shape index (κ3) is 3.46. The van der Waals surface area contributed by atoms with Gasteiger partial charge >= 0.3 is 0 Å². The molecule has 1 aliphatic rings. The Labute approximate surface area is 196 Å². The zero-order valence-electron chi connectivity index (χ0n) is 19.7. The standard InChI is InChI=1S/C24H27N9O/c1-14-6-5-7-18(14)34-19-11-20(28-24-16(19)13-26-33(24)4)27-21-10-17(30-32(21)3)22-25-12-15-8-9-31(2)23(15)29-22/h8-14,18H,5-7H2,1-4H3,(H,27,28). The van der Waals surface area contributed by atoms with Crippen molar-refractivity contribution in [3.05, 3.63) is 36.8 Å². The second kappa shape index (κ2) is 7.82. The van der Waals surface area contributed by atoms with E-state index in [9.17, 15) is 0 Å². The average Bonchev–Trinajstić information content (AvgIpc) is 3.59. The molecule has 0 aromatic carbocycles. The Morgan fingerprint density at radius 2 is 1.91 bits per heavy atom. The Morgan fingerprint density at radius 1 is 1.03 bits per heavy atom. The van der Waals surface area contributed by atoms with Gasteiger partial charge in [0.05, 0.1) is 11.6 Å². The fourth-order valence-corrected chi connectivity index (χ4v) is 4.69. The minimum absolute atomic E-state index is 0.214. The summed E-state index contributed by atoms with van der Waals surface area (Å²) in [5.41, 5.74) is 2.33. The molecule has 0 radical (unpaired) electrons. The fraction of sp³-hybridized carbons (Fsp3) is 0.375. The number of nitrogens with one attached hydrogen (secondary N) is 1. The molecule has 34 heavy (non-hydrogen) atoms. The van der Waals surface area contributed by atoms with Crippen LogP contribution in [-0.2, 0) is 21.1 Å². The Morgan fingerprint density at radius 3 is 2.74 bits per heavy atom. The maximum Gasteiger partial charge on any atom is 0.182 e. The fourth-order valence-electron chi connectivity index (χ4n) is 4.69. The predicted octanol–water partition coefficient (Wildman–Crippen LogP) is 3.96. The summed E-state index contributed by atoms with van der Waals surface area (Å²) in [5.74, 6) is 3.37. The van der Waals surface area contributed by atoms with E-state index in [2.05, 4.69) is 27.4 Å². The lowest BCUT2D eigenvalue weighted by atomic mass is 10.1. The molecular weight excluding hydrogens is 430 g/mol. The van der Waals surface area contributed by atoms with Gasteiger partial charge in [-0.25, -0.2) is 15.0 Å². The lowest BCUT2D eigenvalue weighted by molar-refractivity contribution is 0.170. The van der Waals surface area contributed by atoms with Gasteiger partial charge in [-0.2, -0.15) is 10.2 Å². The van der Waals surface area contributed by atoms with Gasteiger partial charge in [0, 0.05) is 51.1 Å². The van der Waals surface area contributed by atoms with Crippen LogP contribution in [0.4, 0.5) is 11.6 Å². The molecule has 1 aliphatic carbocycles. The molecule has 1 saturated carbocycles. The lowest BCUT2D eigenvalue weighted by Gasteiger charge is -2.19. The van der Waals surface area contributed by atoms with Gasteiger partial charge < -0.3 is 14.6 Å². The van der Waals surface area contributed by atoms with E-state index in [1.54, 1.807) is 9.36 Å². The van der Waals surface area contributed by atoms with Gasteiger partial charge in [-0.3, -0.25) is 9.36 Å². The van der Waals surface area contributed by atoms with E-state index in [4.69, 9.17) is 14.7 Å². The van der Waals surface area contributed by atoms with Crippen molar-refractivity contribution in [2.45, 2.75) is 32.3 Å². The molecule has 1 fully saturated rings. The van der Waals surface area contributed by atoms with E-state index >= 15 is 0 Å². The number of aryl methyl sites for hydroxylation is 3. The highest BCUT2D eigenvalue weighted by Crippen LogP contribution is 2.34. The highest BCUT2D eigenvalue weighted by molar-refractivity contribution is 5.84. The molecule has 6 rings (SSSR count). The molecule has 0 amide bonds. The SMILES string of the molecule is CC1CCCC1Oc1cc(Nc2cc(-c3ncc4ccn(C)c4n3)nn2C)nc2c1cnn2C. The Hall–Kier alpha value is -3.95. The van der Waals surface area contributed by atoms with Gasteiger partial charge in [0.15, 0.2) is 11.5 Å². The molecule has 10 heteroatoms. The zero-order valence-corrected chi connectivity index (χ0v) is 19.7. The van der Waals surface area contributed by atoms with Gasteiger partial charge in [-0.05, 0) is 31.2 Å². The molecule has 10 nitrogen and oxygen atoms in total. The van der Waals surface area contributed by atoms with Gasteiger partial charge in [0.25, 0.3) is 0 Å². The summed E-state index contributed by atoms with van der Waals surface area (Å²) in [5, 5.41) is 14.3. The molecule has 5 aromatic heterocycles. The van der Waals surface area contributed by atoms with Crippen LogP contribution in [0.15, 0.2) is 36.8 Å². The van der Waals surface area contributed by atoms with E-state index in [0.29, 0.717) is 23.3 Å². The molecule has 5 aromatic rings. The number of pyridine rings is 1. The molecule has 1 N–H and O–H groups in total. The van der Waals surface area contributed by atoms with Crippen molar-refractivity contribution in [2.24, 2.45) is 27.1 Å². The van der Waals surface area contributed by atoms with Crippen molar-refractivity contribution >= 4 is 33.7 Å². The quantitative estimate of drug-likeness (QED) is 0.426. The molecule has 0 bridgehead atoms. The zero-order chi connectivity index (χ0) is 23.4. The number of aromatic nitrogens is 8. The van der Waals surface area contributed by atoms with Crippen LogP contribution in [0.1, 0.15) is 26.2 Å². The number of hydrogen-bond donors (Lipinski definition) is 1. The van der Waals surface area contributed by atoms with E-state index in [0.717, 1.165) is 40.1 Å². The summed E-state index contributed by atoms with van der Waals surface area (Å²) in [6, 6.07) is 5.88. The second-order valence-corrected chi connectivity index (χ2v) is 9.14. The van der Waals surface area contributed by atoms with Crippen molar-refractivity contribution in [2.75, 3.05) is 5.32 Å². The van der Waals surface area contributed by atoms with Gasteiger partial charge in [0.2, 0.25) is 0 Å². The summed E-state index contributed by atoms with van der Waals surface area (Å²) < 4.78 is 12.0. The minimum Gasteiger partial charge on any atom is -0.489 e. The molecule has 174 valence electrons. The maximum atomic E-state index is 6.46. The largest absolute Gasteiger partial charge is 0.489 e. The average molecular weight is 458 g/mol. The monoisotopic (exact) mass is 457 g/mol. The topological polar surface area (TPSA) is 100 Å². The highest BCUT2D eigenvalue weighted by Gasteiger charge is 2.26. The summed E-state index contributed by atoms with van der Waals surface area (Å²) in [6.07, 6.45) is 9.31. The first kappa shape index (κ1) is 20.6. The van der Waals surface area contributed by atoms with Crippen LogP contribution in [0.5, 0.6) is 5.75 Å². The molecule has 0 saturated heterocycles. The number of hydrogen-bond acceptors (Lipinski definition) is 7. The third-order valence-electron chi connectivity index (χ3n) is 6.70. The van der Waals surface area contributed by atoms with Crippen molar-refractivity contribution in [1.82, 2.24) is 39.1 Å². The van der Waals surface area contributed by atoms with Gasteiger partial charge in [0.1, 0.15) is 34.8 Å². The first-order valence-corrected chi connectivity index (χ1v) is 11.5. The number of nitrogens with zero attached hydrogens (tertiary/aromatic N) is 8. The van der Waals surface area contributed by atoms with E-state index in [1.165, 1.54) is 12.8 Å². The van der Waals surface area contributed by atoms with Crippen LogP contribution < -0.4 is 10.1 Å². The van der Waals surface area contributed by atoms with Crippen molar-refractivity contribution in [3.8, 4) is 17.3 Å². The van der Waals surface area contributed by atoms with Crippen molar-refractivity contribution < 1.29 is 4.74 Å². The number of anilines is 2. The van der Waals surface area contributed by atoms with Crippen LogP contribution in [-0.4, -0.2) is 45.2 Å². The molecule has 0 aliphatic heterocycles. The first-order chi connectivity index (χ1) is 16.5. The van der Waals surface area contributed by atoms with Crippen molar-refractivity contribution in [3.63, 3.8) is 0 Å². The molecule has 5 heterocycles. The van der Waals surface area contributed by atoms with Crippen LogP contribution in [0.25, 0.3) is 33.6 Å². The highest BCUT2D eigenvalue weighted by atomic mass is 16.5. The smallest absolute Gasteiger partial charge is 0.182 e. The van der Waals surface area contributed by atoms with Gasteiger partial charge in [-0.15, -0.1) is 0 Å². The van der Waals surface area contributed by atoms with Crippen LogP contribution in [0, 0.1) is 5.92 Å². The summed E-state index contributed by atoms with van der Waals surface area (Å²) in [7, 11) is 5.74. The molecule has 2 unspecified atom stereocenters. The molecular formula is C24H27N9O. The predicted molar refractivity (Wildman–Crippen MR) is 130 cm³/mol. The van der Waals surface area contributed by atoms with E-state index in [1.807, 2.05) is 62.5 Å². The lowest BCUT2D eigenvalue weighted by Crippen LogP contribution is -2.19. The minimum atomic E-state index is 0.214. The van der Waals surface area contributed by atoms with Crippen LogP contribution in [0.3, 0.4) is 0 Å². The molecule has 0 spiro atoms. The number of rotatable bonds is 5. The first-order valence-electron chi connectivity index (χ1n) is 11.5. The van der Waals surface area contributed by atoms with Crippen molar-refractivity contribution in [1.29, 1.82) is 0 Å². The normalized spacial score (nSPS) is 18.2. The van der Waals surface area contributed by atoms with Crippen LogP contribution in [0.2, 0.25) is 0 Å². The Balaban J connectivity index is 1.34. The summed E-state index contributed by atoms with van der Waals surface area (Å²) in [6.45, 7) is 2.25. The summed E-state index contributed by atoms with van der Waals surface area (Å²) in [4.78, 5) is 14.0. The van der Waals surface area contributed by atoms with E-state index < -0.39 is 0 Å². The maximum absolute atomic E-state index is 6.46. The summed E-state index contributed by atoms with van der Waals surface area (Å²) >= 11 is 0. The Kier molecular flexibility index (Phi) is 4.75. The number of fused-ring (bicyclic) bond motifs is 2. The van der Waals surface area contributed by atoms with Gasteiger partial charge in [-0.1, -0.05) is 6.92 Å². The van der Waals surface area contributed by atoms with Crippen LogP contribution >= 0.6 is 0 Å². The van der Waals surface area contributed by atoms with E-state index in [-0.39, 0.29) is 6.10 Å².